The minimum absolute atomic E-state index is 0.296. The van der Waals surface area contributed by atoms with Crippen molar-refractivity contribution < 1.29 is 0 Å². The summed E-state index contributed by atoms with van der Waals surface area (Å²) >= 11 is 0. The summed E-state index contributed by atoms with van der Waals surface area (Å²) in [4.78, 5) is 20.0. The van der Waals surface area contributed by atoms with Crippen LogP contribution in [0.1, 0.15) is 61.0 Å². The SMILES string of the molecule is Cc1c(-c2[nH]c3cnc(C4CCN(CC#N)CC4)nc3c2C(C)C)cn2ncnc2c1C. The Hall–Kier alpha value is -3.31. The Morgan fingerprint density at radius 2 is 1.97 bits per heavy atom. The second-order valence-corrected chi connectivity index (χ2v) is 9.09. The van der Waals surface area contributed by atoms with Crippen molar-refractivity contribution in [2.45, 2.75) is 52.4 Å². The number of likely N-dealkylation sites (tertiary alicyclic amines) is 1. The van der Waals surface area contributed by atoms with E-state index in [9.17, 15) is 0 Å². The van der Waals surface area contributed by atoms with Crippen LogP contribution in [0.15, 0.2) is 18.7 Å². The van der Waals surface area contributed by atoms with Gasteiger partial charge in [0.25, 0.3) is 0 Å². The van der Waals surface area contributed by atoms with E-state index in [-0.39, 0.29) is 0 Å². The Morgan fingerprint density at radius 3 is 2.69 bits per heavy atom. The summed E-state index contributed by atoms with van der Waals surface area (Å²) < 4.78 is 1.85. The number of aromatic nitrogens is 6. The number of H-pyrrole nitrogens is 1. The number of nitrogens with zero attached hydrogens (tertiary/aromatic N) is 7. The van der Waals surface area contributed by atoms with Gasteiger partial charge >= 0.3 is 0 Å². The third kappa shape index (κ3) is 3.33. The van der Waals surface area contributed by atoms with Gasteiger partial charge in [-0.25, -0.2) is 19.5 Å². The molecule has 8 heteroatoms. The number of nitriles is 1. The summed E-state index contributed by atoms with van der Waals surface area (Å²) in [5.74, 6) is 1.55. The smallest absolute Gasteiger partial charge is 0.158 e. The maximum Gasteiger partial charge on any atom is 0.158 e. The van der Waals surface area contributed by atoms with E-state index in [0.717, 1.165) is 65.3 Å². The maximum absolute atomic E-state index is 8.95. The molecule has 0 spiro atoms. The van der Waals surface area contributed by atoms with Crippen molar-refractivity contribution in [1.29, 1.82) is 5.26 Å². The van der Waals surface area contributed by atoms with E-state index in [1.165, 1.54) is 11.1 Å². The fraction of sp³-hybridized carbons (Fsp3) is 0.458. The molecule has 0 bridgehead atoms. The first-order chi connectivity index (χ1) is 15.5. The van der Waals surface area contributed by atoms with Crippen molar-refractivity contribution >= 4 is 16.7 Å². The first kappa shape index (κ1) is 20.6. The lowest BCUT2D eigenvalue weighted by Crippen LogP contribution is -2.33. The largest absolute Gasteiger partial charge is 0.352 e. The predicted molar refractivity (Wildman–Crippen MR) is 123 cm³/mol. The van der Waals surface area contributed by atoms with Crippen molar-refractivity contribution in [3.8, 4) is 17.3 Å². The molecule has 4 aromatic heterocycles. The fourth-order valence-electron chi connectivity index (χ4n) is 4.89. The summed E-state index contributed by atoms with van der Waals surface area (Å²) in [5.41, 5.74) is 8.60. The molecule has 164 valence electrons. The molecule has 4 aromatic rings. The zero-order valence-electron chi connectivity index (χ0n) is 19.1. The standard InChI is InChI=1S/C24H28N8/c1-14(2)20-21(18-12-32-24(27-13-28-32)16(4)15(18)3)29-19-11-26-23(30-22(19)20)17-5-8-31(9-6-17)10-7-25/h11-14,17,29H,5-6,8-10H2,1-4H3. The number of piperidine rings is 1. The number of nitrogens with one attached hydrogen (secondary N) is 1. The zero-order chi connectivity index (χ0) is 22.4. The molecule has 1 N–H and O–H groups in total. The Bertz CT molecular complexity index is 1330. The summed E-state index contributed by atoms with van der Waals surface area (Å²) in [7, 11) is 0. The predicted octanol–water partition coefficient (Wildman–Crippen LogP) is 4.11. The minimum atomic E-state index is 0.296. The number of fused-ring (bicyclic) bond motifs is 2. The van der Waals surface area contributed by atoms with E-state index in [2.05, 4.69) is 59.9 Å². The van der Waals surface area contributed by atoms with E-state index in [4.69, 9.17) is 15.2 Å². The van der Waals surface area contributed by atoms with Crippen LogP contribution in [0, 0.1) is 25.2 Å². The number of pyridine rings is 1. The van der Waals surface area contributed by atoms with Gasteiger partial charge in [-0.05, 0) is 56.8 Å². The van der Waals surface area contributed by atoms with Crippen molar-refractivity contribution in [1.82, 2.24) is 34.4 Å². The molecule has 32 heavy (non-hydrogen) atoms. The van der Waals surface area contributed by atoms with Gasteiger partial charge in [0.1, 0.15) is 12.2 Å². The first-order valence-electron chi connectivity index (χ1n) is 11.3. The molecule has 5 rings (SSSR count). The molecule has 1 aliphatic rings. The van der Waals surface area contributed by atoms with Crippen molar-refractivity contribution in [2.75, 3.05) is 19.6 Å². The molecule has 0 radical (unpaired) electrons. The highest BCUT2D eigenvalue weighted by atomic mass is 15.3. The summed E-state index contributed by atoms with van der Waals surface area (Å²) in [6.07, 6.45) is 7.57. The normalized spacial score (nSPS) is 15.8. The van der Waals surface area contributed by atoms with Crippen LogP contribution in [0.5, 0.6) is 0 Å². The average Bonchev–Trinajstić information content (AvgIpc) is 3.41. The van der Waals surface area contributed by atoms with E-state index >= 15 is 0 Å². The molecule has 1 saturated heterocycles. The van der Waals surface area contributed by atoms with Crippen LogP contribution in [0.3, 0.4) is 0 Å². The molecule has 0 atom stereocenters. The molecule has 0 saturated carbocycles. The number of aryl methyl sites for hydroxylation is 1. The number of aromatic amines is 1. The molecule has 1 fully saturated rings. The van der Waals surface area contributed by atoms with Gasteiger partial charge in [-0.3, -0.25) is 4.90 Å². The van der Waals surface area contributed by atoms with Gasteiger partial charge < -0.3 is 4.98 Å². The minimum Gasteiger partial charge on any atom is -0.352 e. The van der Waals surface area contributed by atoms with Crippen LogP contribution in [-0.4, -0.2) is 54.1 Å². The van der Waals surface area contributed by atoms with Gasteiger partial charge in [-0.1, -0.05) is 13.8 Å². The maximum atomic E-state index is 8.95. The van der Waals surface area contributed by atoms with Gasteiger partial charge in [0.2, 0.25) is 0 Å². The third-order valence-corrected chi connectivity index (χ3v) is 6.81. The second-order valence-electron chi connectivity index (χ2n) is 9.09. The Labute approximate surface area is 187 Å². The molecular formula is C24H28N8. The summed E-state index contributed by atoms with van der Waals surface area (Å²) in [6, 6.07) is 2.25. The Balaban J connectivity index is 1.59. The third-order valence-electron chi connectivity index (χ3n) is 6.81. The first-order valence-corrected chi connectivity index (χ1v) is 11.3. The molecule has 0 amide bonds. The van der Waals surface area contributed by atoms with E-state index < -0.39 is 0 Å². The number of hydrogen-bond acceptors (Lipinski definition) is 6. The molecule has 0 aliphatic carbocycles. The number of hydrogen-bond donors (Lipinski definition) is 1. The van der Waals surface area contributed by atoms with Gasteiger partial charge in [-0.15, -0.1) is 0 Å². The van der Waals surface area contributed by atoms with Crippen LogP contribution in [0.25, 0.3) is 27.9 Å². The monoisotopic (exact) mass is 428 g/mol. The van der Waals surface area contributed by atoms with Crippen molar-refractivity contribution in [2.24, 2.45) is 0 Å². The van der Waals surface area contributed by atoms with Crippen molar-refractivity contribution in [3.63, 3.8) is 0 Å². The number of rotatable bonds is 4. The van der Waals surface area contributed by atoms with E-state index in [1.54, 1.807) is 6.33 Å². The van der Waals surface area contributed by atoms with E-state index in [0.29, 0.717) is 18.4 Å². The van der Waals surface area contributed by atoms with Gasteiger partial charge in [0.05, 0.1) is 35.5 Å². The van der Waals surface area contributed by atoms with Gasteiger partial charge in [-0.2, -0.15) is 10.4 Å². The second kappa shape index (κ2) is 7.99. The average molecular weight is 429 g/mol. The van der Waals surface area contributed by atoms with Crippen LogP contribution in [0.2, 0.25) is 0 Å². The highest BCUT2D eigenvalue weighted by Gasteiger charge is 2.25. The lowest BCUT2D eigenvalue weighted by Gasteiger charge is -2.29. The Morgan fingerprint density at radius 1 is 1.19 bits per heavy atom. The van der Waals surface area contributed by atoms with Crippen LogP contribution < -0.4 is 0 Å². The fourth-order valence-corrected chi connectivity index (χ4v) is 4.89. The lowest BCUT2D eigenvalue weighted by molar-refractivity contribution is 0.231. The summed E-state index contributed by atoms with van der Waals surface area (Å²) in [5, 5.41) is 13.3. The summed E-state index contributed by atoms with van der Waals surface area (Å²) in [6.45, 7) is 11.0. The molecule has 5 heterocycles. The van der Waals surface area contributed by atoms with Crippen LogP contribution >= 0.6 is 0 Å². The Kier molecular flexibility index (Phi) is 5.14. The quantitative estimate of drug-likeness (QED) is 0.491. The van der Waals surface area contributed by atoms with Gasteiger partial charge in [0.15, 0.2) is 5.65 Å². The van der Waals surface area contributed by atoms with Gasteiger partial charge in [0, 0.05) is 23.2 Å². The molecular weight excluding hydrogens is 400 g/mol. The van der Waals surface area contributed by atoms with E-state index in [1.807, 2.05) is 10.7 Å². The zero-order valence-corrected chi connectivity index (χ0v) is 19.1. The van der Waals surface area contributed by atoms with Crippen molar-refractivity contribution in [3.05, 3.63) is 41.2 Å². The molecule has 0 aromatic carbocycles. The lowest BCUT2D eigenvalue weighted by atomic mass is 9.94. The molecule has 8 nitrogen and oxygen atoms in total. The molecule has 0 unspecified atom stereocenters. The van der Waals surface area contributed by atoms with Crippen LogP contribution in [-0.2, 0) is 0 Å². The molecule has 1 aliphatic heterocycles. The topological polar surface area (TPSA) is 98.8 Å². The highest BCUT2D eigenvalue weighted by molar-refractivity contribution is 5.89. The van der Waals surface area contributed by atoms with Crippen LogP contribution in [0.4, 0.5) is 0 Å². The highest BCUT2D eigenvalue weighted by Crippen LogP contribution is 2.37.